The number of aryl methyl sites for hydroxylation is 1. The zero-order valence-corrected chi connectivity index (χ0v) is 16.1. The number of hydrazone groups is 1. The highest BCUT2D eigenvalue weighted by atomic mass is 32.2. The van der Waals surface area contributed by atoms with E-state index in [1.165, 1.54) is 0 Å². The Hall–Kier alpha value is -2.92. The third kappa shape index (κ3) is 4.63. The Morgan fingerprint density at radius 1 is 0.852 bits per heavy atom. The third-order valence-electron chi connectivity index (χ3n) is 4.40. The molecule has 0 aliphatic heterocycles. The molecule has 0 spiro atoms. The summed E-state index contributed by atoms with van der Waals surface area (Å²) in [5.41, 5.74) is 3.60. The van der Waals surface area contributed by atoms with Gasteiger partial charge in [0.1, 0.15) is 0 Å². The van der Waals surface area contributed by atoms with E-state index in [-0.39, 0.29) is 10.8 Å². The van der Waals surface area contributed by atoms with E-state index < -0.39 is 10.0 Å². The predicted octanol–water partition coefficient (Wildman–Crippen LogP) is 4.48. The van der Waals surface area contributed by atoms with Gasteiger partial charge in [-0.1, -0.05) is 85.3 Å². The molecule has 1 unspecified atom stereocenters. The predicted molar refractivity (Wildman–Crippen MR) is 109 cm³/mol. The number of nitrogens with one attached hydrogen (secondary N) is 1. The Morgan fingerprint density at radius 2 is 1.41 bits per heavy atom. The Balaban J connectivity index is 1.96. The Labute approximate surface area is 160 Å². The van der Waals surface area contributed by atoms with Gasteiger partial charge in [-0.15, -0.1) is 0 Å². The van der Waals surface area contributed by atoms with E-state index in [0.717, 1.165) is 16.7 Å². The standard InChI is InChI=1S/C22H22N2O2S/c1-17-13-15-21(16-14-17)27(25,26)24-23-22(20-11-7-4-8-12-20)18(2)19-9-5-3-6-10-19/h3-16,18,24H,1-2H3. The second-order valence-corrected chi connectivity index (χ2v) is 8.06. The normalized spacial score (nSPS) is 13.2. The van der Waals surface area contributed by atoms with Crippen molar-refractivity contribution in [1.82, 2.24) is 4.83 Å². The first-order chi connectivity index (χ1) is 13.0. The average Bonchev–Trinajstić information content (AvgIpc) is 2.70. The van der Waals surface area contributed by atoms with E-state index in [1.54, 1.807) is 24.3 Å². The van der Waals surface area contributed by atoms with Gasteiger partial charge in [0, 0.05) is 5.92 Å². The van der Waals surface area contributed by atoms with Crippen LogP contribution in [0.4, 0.5) is 0 Å². The van der Waals surface area contributed by atoms with Crippen LogP contribution in [0.15, 0.2) is 94.9 Å². The largest absolute Gasteiger partial charge is 0.276 e. The summed E-state index contributed by atoms with van der Waals surface area (Å²) in [7, 11) is -3.73. The fourth-order valence-corrected chi connectivity index (χ4v) is 3.62. The van der Waals surface area contributed by atoms with E-state index in [1.807, 2.05) is 74.5 Å². The molecule has 0 amide bonds. The van der Waals surface area contributed by atoms with Crippen LogP contribution in [0.25, 0.3) is 0 Å². The summed E-state index contributed by atoms with van der Waals surface area (Å²) in [5, 5.41) is 4.32. The molecule has 3 rings (SSSR count). The van der Waals surface area contributed by atoms with Gasteiger partial charge in [-0.25, -0.2) is 0 Å². The van der Waals surface area contributed by atoms with Gasteiger partial charge in [0.2, 0.25) is 0 Å². The van der Waals surface area contributed by atoms with Crippen LogP contribution in [0.3, 0.4) is 0 Å². The van der Waals surface area contributed by atoms with Crippen LogP contribution < -0.4 is 4.83 Å². The zero-order valence-electron chi connectivity index (χ0n) is 15.3. The number of benzene rings is 3. The van der Waals surface area contributed by atoms with Crippen molar-refractivity contribution in [3.05, 3.63) is 102 Å². The van der Waals surface area contributed by atoms with Crippen molar-refractivity contribution in [1.29, 1.82) is 0 Å². The molecule has 0 fully saturated rings. The fourth-order valence-electron chi connectivity index (χ4n) is 2.80. The number of sulfonamides is 1. The lowest BCUT2D eigenvalue weighted by Gasteiger charge is -2.16. The zero-order chi connectivity index (χ0) is 19.3. The van der Waals surface area contributed by atoms with Crippen molar-refractivity contribution < 1.29 is 8.42 Å². The van der Waals surface area contributed by atoms with Crippen LogP contribution in [-0.2, 0) is 10.0 Å². The maximum Gasteiger partial charge on any atom is 0.276 e. The van der Waals surface area contributed by atoms with Crippen LogP contribution in [0.5, 0.6) is 0 Å². The number of nitrogens with zero attached hydrogens (tertiary/aromatic N) is 1. The maximum absolute atomic E-state index is 12.6. The quantitative estimate of drug-likeness (QED) is 0.508. The van der Waals surface area contributed by atoms with E-state index in [0.29, 0.717) is 5.71 Å². The minimum atomic E-state index is -3.73. The highest BCUT2D eigenvalue weighted by molar-refractivity contribution is 7.89. The minimum absolute atomic E-state index is 0.0747. The molecule has 0 bridgehead atoms. The minimum Gasteiger partial charge on any atom is -0.200 e. The first-order valence-corrected chi connectivity index (χ1v) is 10.2. The average molecular weight is 378 g/mol. The van der Waals surface area contributed by atoms with E-state index in [9.17, 15) is 8.42 Å². The summed E-state index contributed by atoms with van der Waals surface area (Å²) in [6.45, 7) is 3.93. The monoisotopic (exact) mass is 378 g/mol. The molecule has 138 valence electrons. The molecular formula is C22H22N2O2S. The van der Waals surface area contributed by atoms with E-state index in [4.69, 9.17) is 0 Å². The van der Waals surface area contributed by atoms with Crippen LogP contribution in [0.1, 0.15) is 29.5 Å². The summed E-state index contributed by atoms with van der Waals surface area (Å²) >= 11 is 0. The molecule has 0 saturated heterocycles. The molecule has 4 nitrogen and oxygen atoms in total. The lowest BCUT2D eigenvalue weighted by Crippen LogP contribution is -2.23. The van der Waals surface area contributed by atoms with E-state index >= 15 is 0 Å². The molecule has 1 N–H and O–H groups in total. The van der Waals surface area contributed by atoms with Crippen LogP contribution in [0.2, 0.25) is 0 Å². The van der Waals surface area contributed by atoms with Crippen LogP contribution in [-0.4, -0.2) is 14.1 Å². The molecule has 3 aromatic rings. The Morgan fingerprint density at radius 3 is 2.00 bits per heavy atom. The Bertz CT molecular complexity index is 1010. The van der Waals surface area contributed by atoms with Crippen molar-refractivity contribution >= 4 is 15.7 Å². The summed E-state index contributed by atoms with van der Waals surface area (Å²) in [5.74, 6) is -0.0747. The molecule has 0 aliphatic carbocycles. The van der Waals surface area contributed by atoms with Gasteiger partial charge in [0.15, 0.2) is 0 Å². The number of hydrogen-bond acceptors (Lipinski definition) is 3. The summed E-state index contributed by atoms with van der Waals surface area (Å²) in [4.78, 5) is 2.60. The SMILES string of the molecule is Cc1ccc(S(=O)(=O)NN=C(c2ccccc2)C(C)c2ccccc2)cc1. The van der Waals surface area contributed by atoms with Gasteiger partial charge >= 0.3 is 0 Å². The van der Waals surface area contributed by atoms with Gasteiger partial charge in [-0.3, -0.25) is 0 Å². The molecule has 0 aliphatic rings. The highest BCUT2D eigenvalue weighted by Gasteiger charge is 2.18. The van der Waals surface area contributed by atoms with Crippen molar-refractivity contribution in [3.8, 4) is 0 Å². The van der Waals surface area contributed by atoms with Crippen LogP contribution in [0, 0.1) is 6.92 Å². The summed E-state index contributed by atoms with van der Waals surface area (Å²) in [6, 6.07) is 26.2. The van der Waals surface area contributed by atoms with Gasteiger partial charge in [-0.2, -0.15) is 18.4 Å². The lowest BCUT2D eigenvalue weighted by atomic mass is 9.92. The Kier molecular flexibility index (Phi) is 5.72. The molecule has 5 heteroatoms. The number of rotatable bonds is 6. The van der Waals surface area contributed by atoms with Gasteiger partial charge < -0.3 is 0 Å². The fraction of sp³-hybridized carbons (Fsp3) is 0.136. The molecule has 1 atom stereocenters. The topological polar surface area (TPSA) is 58.5 Å². The van der Waals surface area contributed by atoms with Crippen molar-refractivity contribution in [2.45, 2.75) is 24.7 Å². The van der Waals surface area contributed by atoms with Crippen LogP contribution >= 0.6 is 0 Å². The molecule has 0 heterocycles. The first kappa shape index (κ1) is 18.9. The summed E-state index contributed by atoms with van der Waals surface area (Å²) < 4.78 is 25.2. The highest BCUT2D eigenvalue weighted by Crippen LogP contribution is 2.21. The first-order valence-electron chi connectivity index (χ1n) is 8.74. The molecule has 27 heavy (non-hydrogen) atoms. The second kappa shape index (κ2) is 8.18. The molecule has 0 saturated carbocycles. The third-order valence-corrected chi connectivity index (χ3v) is 5.62. The molecule has 0 radical (unpaired) electrons. The maximum atomic E-state index is 12.6. The second-order valence-electron chi connectivity index (χ2n) is 6.40. The van der Waals surface area contributed by atoms with Crippen molar-refractivity contribution in [2.24, 2.45) is 5.10 Å². The van der Waals surface area contributed by atoms with Crippen molar-refractivity contribution in [3.63, 3.8) is 0 Å². The summed E-state index contributed by atoms with van der Waals surface area (Å²) in [6.07, 6.45) is 0. The smallest absolute Gasteiger partial charge is 0.200 e. The molecule has 3 aromatic carbocycles. The van der Waals surface area contributed by atoms with Gasteiger partial charge in [0.25, 0.3) is 10.0 Å². The van der Waals surface area contributed by atoms with Gasteiger partial charge in [0.05, 0.1) is 10.6 Å². The lowest BCUT2D eigenvalue weighted by molar-refractivity contribution is 0.584. The molecule has 0 aromatic heterocycles. The van der Waals surface area contributed by atoms with Gasteiger partial charge in [-0.05, 0) is 30.2 Å². The van der Waals surface area contributed by atoms with Crippen molar-refractivity contribution in [2.75, 3.05) is 0 Å². The number of hydrogen-bond donors (Lipinski definition) is 1. The van der Waals surface area contributed by atoms with E-state index in [2.05, 4.69) is 9.93 Å². The molecular weight excluding hydrogens is 356 g/mol.